The predicted molar refractivity (Wildman–Crippen MR) is 122 cm³/mol. The molecule has 11 heteroatoms. The van der Waals surface area contributed by atoms with Gasteiger partial charge in [-0.15, -0.1) is 6.58 Å². The second-order valence-corrected chi connectivity index (χ2v) is 9.55. The molecule has 5 N–H and O–H groups in total. The quantitative estimate of drug-likeness (QED) is 0.337. The summed E-state index contributed by atoms with van der Waals surface area (Å²) in [4.78, 5) is 15.2. The van der Waals surface area contributed by atoms with Crippen LogP contribution in [0.4, 0.5) is 0 Å². The lowest BCUT2D eigenvalue weighted by molar-refractivity contribution is -0.339. The highest BCUT2D eigenvalue weighted by Gasteiger charge is 2.50. The van der Waals surface area contributed by atoms with E-state index in [4.69, 9.17) is 18.9 Å². The Balaban J connectivity index is 1.41. The van der Waals surface area contributed by atoms with Crippen LogP contribution in [0.25, 0.3) is 0 Å². The van der Waals surface area contributed by atoms with E-state index in [0.29, 0.717) is 30.7 Å². The number of benzene rings is 1. The summed E-state index contributed by atoms with van der Waals surface area (Å²) in [5, 5.41) is 50.4. The molecule has 1 aromatic rings. The SMILES string of the molecule is C=C[C@H]1C(O[C@@H]2O[C@H](CO)[C@@H](O)[C@H](O)[C@H]2O)OC=C2C(=O)N3CCc4cc(OC)c(O)cc4[C@H]3C[C@H]21. The number of rotatable bonds is 5. The fraction of sp³-hybridized carbons (Fsp3) is 0.560. The van der Waals surface area contributed by atoms with Crippen molar-refractivity contribution in [2.45, 2.75) is 55.9 Å². The van der Waals surface area contributed by atoms with Crippen molar-refractivity contribution in [2.24, 2.45) is 11.8 Å². The number of ether oxygens (including phenoxy) is 4. The first kappa shape index (κ1) is 25.0. The molecule has 4 aliphatic rings. The molecule has 0 aromatic heterocycles. The molecule has 0 spiro atoms. The maximum Gasteiger partial charge on any atom is 0.253 e. The Morgan fingerprint density at radius 1 is 1.19 bits per heavy atom. The van der Waals surface area contributed by atoms with Gasteiger partial charge in [0.05, 0.1) is 31.6 Å². The van der Waals surface area contributed by atoms with Crippen molar-refractivity contribution in [3.63, 3.8) is 0 Å². The number of phenols is 1. The number of aliphatic hydroxyl groups is 4. The van der Waals surface area contributed by atoms with Crippen LogP contribution < -0.4 is 4.74 Å². The summed E-state index contributed by atoms with van der Waals surface area (Å²) in [5.74, 6) is -0.637. The lowest BCUT2D eigenvalue weighted by Gasteiger charge is -2.48. The molecule has 11 nitrogen and oxygen atoms in total. The Labute approximate surface area is 207 Å². The Bertz CT molecular complexity index is 1060. The molecule has 4 heterocycles. The molecule has 0 aliphatic carbocycles. The molecular formula is C25H31NO10. The number of nitrogens with zero attached hydrogens (tertiary/aromatic N) is 1. The number of aliphatic hydroxyl groups excluding tert-OH is 4. The number of fused-ring (bicyclic) bond motifs is 4. The van der Waals surface area contributed by atoms with Crippen LogP contribution in [0.2, 0.25) is 0 Å². The summed E-state index contributed by atoms with van der Waals surface area (Å²) in [6.07, 6.45) is -4.10. The fourth-order valence-corrected chi connectivity index (χ4v) is 5.70. The van der Waals surface area contributed by atoms with Crippen LogP contribution in [0.15, 0.2) is 36.6 Å². The minimum Gasteiger partial charge on any atom is -0.504 e. The van der Waals surface area contributed by atoms with Crippen LogP contribution in [0.5, 0.6) is 11.5 Å². The lowest BCUT2D eigenvalue weighted by Crippen LogP contribution is -2.60. The molecule has 9 atom stereocenters. The van der Waals surface area contributed by atoms with E-state index in [-0.39, 0.29) is 23.6 Å². The second kappa shape index (κ2) is 9.66. The van der Waals surface area contributed by atoms with Gasteiger partial charge in [0.2, 0.25) is 6.29 Å². The molecule has 2 saturated heterocycles. The van der Waals surface area contributed by atoms with E-state index in [1.165, 1.54) is 13.4 Å². The number of hydrogen-bond donors (Lipinski definition) is 5. The van der Waals surface area contributed by atoms with Crippen LogP contribution in [0.3, 0.4) is 0 Å². The van der Waals surface area contributed by atoms with E-state index >= 15 is 0 Å². The first-order valence-electron chi connectivity index (χ1n) is 11.9. The van der Waals surface area contributed by atoms with Gasteiger partial charge in [-0.25, -0.2) is 0 Å². The average molecular weight is 506 g/mol. The summed E-state index contributed by atoms with van der Waals surface area (Å²) in [6, 6.07) is 3.17. The van der Waals surface area contributed by atoms with E-state index in [1.54, 1.807) is 23.1 Å². The minimum atomic E-state index is -1.59. The average Bonchev–Trinajstić information content (AvgIpc) is 2.88. The standard InChI is InChI=1S/C25H31NO10/c1-3-12-14-7-16-13-8-17(28)18(33-2)6-11(13)4-5-26(16)23(32)15(14)10-34-24(12)36-25-22(31)21(30)20(29)19(9-27)35-25/h3,6,8,10,12,14,16,19-22,24-25,27-31H,1,4-5,7,9H2,2H3/t12-,14+,16-,19-,20-,21+,22-,24?,25+/m1/s1. The summed E-state index contributed by atoms with van der Waals surface area (Å²) in [7, 11) is 1.49. The van der Waals surface area contributed by atoms with Crippen LogP contribution in [0.1, 0.15) is 23.6 Å². The third kappa shape index (κ3) is 3.96. The monoisotopic (exact) mass is 505 g/mol. The topological polar surface area (TPSA) is 158 Å². The first-order chi connectivity index (χ1) is 17.3. The lowest BCUT2D eigenvalue weighted by atomic mass is 9.73. The summed E-state index contributed by atoms with van der Waals surface area (Å²) >= 11 is 0. The highest BCUT2D eigenvalue weighted by atomic mass is 16.8. The molecule has 5 rings (SSSR count). The zero-order valence-corrected chi connectivity index (χ0v) is 19.8. The van der Waals surface area contributed by atoms with Gasteiger partial charge in [0.1, 0.15) is 24.4 Å². The van der Waals surface area contributed by atoms with Gasteiger partial charge in [0.25, 0.3) is 5.91 Å². The van der Waals surface area contributed by atoms with Crippen LogP contribution in [-0.4, -0.2) is 93.6 Å². The van der Waals surface area contributed by atoms with Gasteiger partial charge < -0.3 is 49.4 Å². The van der Waals surface area contributed by atoms with Gasteiger partial charge in [0.15, 0.2) is 17.8 Å². The van der Waals surface area contributed by atoms with Gasteiger partial charge in [0, 0.05) is 18.4 Å². The zero-order valence-electron chi connectivity index (χ0n) is 19.8. The van der Waals surface area contributed by atoms with E-state index < -0.39 is 49.5 Å². The van der Waals surface area contributed by atoms with E-state index in [9.17, 15) is 30.3 Å². The van der Waals surface area contributed by atoms with Crippen LogP contribution in [-0.2, 0) is 25.4 Å². The molecule has 2 fully saturated rings. The van der Waals surface area contributed by atoms with E-state index in [1.807, 2.05) is 0 Å². The number of aromatic hydroxyl groups is 1. The van der Waals surface area contributed by atoms with Gasteiger partial charge in [-0.3, -0.25) is 4.79 Å². The van der Waals surface area contributed by atoms with Crippen molar-refractivity contribution in [1.29, 1.82) is 0 Å². The van der Waals surface area contributed by atoms with Crippen LogP contribution >= 0.6 is 0 Å². The number of piperidine rings is 1. The number of hydrogen-bond acceptors (Lipinski definition) is 10. The number of carbonyl (C=O) groups is 1. The highest BCUT2D eigenvalue weighted by Crippen LogP contribution is 2.49. The maximum atomic E-state index is 13.4. The largest absolute Gasteiger partial charge is 0.504 e. The normalized spacial score (nSPS) is 37.7. The molecule has 0 radical (unpaired) electrons. The Hall–Kier alpha value is -2.67. The van der Waals surface area contributed by atoms with Gasteiger partial charge >= 0.3 is 0 Å². The number of methoxy groups -OCH3 is 1. The first-order valence-corrected chi connectivity index (χ1v) is 11.9. The summed E-state index contributed by atoms with van der Waals surface area (Å²) in [6.45, 7) is 3.83. The van der Waals surface area contributed by atoms with E-state index in [0.717, 1.165) is 11.1 Å². The van der Waals surface area contributed by atoms with Gasteiger partial charge in [-0.1, -0.05) is 6.08 Å². The van der Waals surface area contributed by atoms with Gasteiger partial charge in [-0.2, -0.15) is 0 Å². The summed E-state index contributed by atoms with van der Waals surface area (Å²) in [5.41, 5.74) is 2.33. The zero-order chi connectivity index (χ0) is 25.7. The molecule has 4 aliphatic heterocycles. The Morgan fingerprint density at radius 3 is 2.67 bits per heavy atom. The third-order valence-corrected chi connectivity index (χ3v) is 7.68. The van der Waals surface area contributed by atoms with Crippen molar-refractivity contribution >= 4 is 5.91 Å². The molecule has 0 bridgehead atoms. The third-order valence-electron chi connectivity index (χ3n) is 7.68. The Kier molecular flexibility index (Phi) is 6.70. The molecular weight excluding hydrogens is 474 g/mol. The van der Waals surface area contributed by atoms with Crippen molar-refractivity contribution in [3.05, 3.63) is 47.7 Å². The molecule has 196 valence electrons. The van der Waals surface area contributed by atoms with Crippen molar-refractivity contribution in [1.82, 2.24) is 4.90 Å². The molecule has 1 aromatic carbocycles. The smallest absolute Gasteiger partial charge is 0.253 e. The number of amides is 1. The van der Waals surface area contributed by atoms with Crippen molar-refractivity contribution in [2.75, 3.05) is 20.3 Å². The second-order valence-electron chi connectivity index (χ2n) is 9.55. The highest BCUT2D eigenvalue weighted by molar-refractivity contribution is 5.95. The molecule has 1 amide bonds. The minimum absolute atomic E-state index is 0.00274. The van der Waals surface area contributed by atoms with Crippen molar-refractivity contribution in [3.8, 4) is 11.5 Å². The van der Waals surface area contributed by atoms with E-state index in [2.05, 4.69) is 6.58 Å². The Morgan fingerprint density at radius 2 is 1.97 bits per heavy atom. The summed E-state index contributed by atoms with van der Waals surface area (Å²) < 4.78 is 22.3. The molecule has 36 heavy (non-hydrogen) atoms. The number of phenolic OH excluding ortho intramolecular Hbond substituents is 1. The fourth-order valence-electron chi connectivity index (χ4n) is 5.70. The van der Waals surface area contributed by atoms with Crippen molar-refractivity contribution < 1.29 is 49.3 Å². The predicted octanol–water partition coefficient (Wildman–Crippen LogP) is -0.295. The van der Waals surface area contributed by atoms with Gasteiger partial charge in [-0.05, 0) is 36.1 Å². The van der Waals surface area contributed by atoms with Crippen LogP contribution in [0, 0.1) is 11.8 Å². The maximum absolute atomic E-state index is 13.4. The number of carbonyl (C=O) groups excluding carboxylic acids is 1. The molecule has 1 unspecified atom stereocenters. The molecule has 0 saturated carbocycles.